The summed E-state index contributed by atoms with van der Waals surface area (Å²) in [4.78, 5) is 5.98. The minimum Gasteiger partial charge on any atom is -0.356 e. The molecular weight excluding hydrogens is 167 g/mol. The molecule has 1 saturated heterocycles. The molecule has 13 heavy (non-hydrogen) atoms. The van der Waals surface area contributed by atoms with E-state index in [1.165, 1.54) is 12.5 Å². The van der Waals surface area contributed by atoms with Crippen LogP contribution in [0.2, 0.25) is 0 Å². The van der Waals surface area contributed by atoms with Crippen LogP contribution in [0.1, 0.15) is 13.3 Å². The zero-order valence-corrected chi connectivity index (χ0v) is 7.70. The summed E-state index contributed by atoms with van der Waals surface area (Å²) >= 11 is 0. The van der Waals surface area contributed by atoms with E-state index in [1.54, 1.807) is 6.07 Å². The smallest absolute Gasteiger partial charge is 0.214 e. The van der Waals surface area contributed by atoms with E-state index in [4.69, 9.17) is 0 Å². The molecule has 2 nitrogen and oxygen atoms in total. The van der Waals surface area contributed by atoms with Crippen LogP contribution in [0, 0.1) is 11.9 Å². The van der Waals surface area contributed by atoms with Crippen molar-refractivity contribution in [2.75, 3.05) is 18.0 Å². The largest absolute Gasteiger partial charge is 0.356 e. The fourth-order valence-electron chi connectivity index (χ4n) is 1.72. The van der Waals surface area contributed by atoms with E-state index in [2.05, 4.69) is 16.8 Å². The van der Waals surface area contributed by atoms with Gasteiger partial charge in [0.1, 0.15) is 5.82 Å². The third-order valence-corrected chi connectivity index (χ3v) is 2.45. The number of halogens is 1. The maximum absolute atomic E-state index is 12.8. The van der Waals surface area contributed by atoms with Gasteiger partial charge >= 0.3 is 0 Å². The van der Waals surface area contributed by atoms with Gasteiger partial charge in [-0.3, -0.25) is 0 Å². The van der Waals surface area contributed by atoms with Crippen LogP contribution in [0.15, 0.2) is 18.2 Å². The topological polar surface area (TPSA) is 16.1 Å². The number of rotatable bonds is 1. The second-order valence-corrected chi connectivity index (χ2v) is 3.66. The van der Waals surface area contributed by atoms with E-state index in [0.29, 0.717) is 5.92 Å². The highest BCUT2D eigenvalue weighted by molar-refractivity contribution is 5.39. The number of hydrogen-bond acceptors (Lipinski definition) is 2. The molecule has 0 aromatic carbocycles. The van der Waals surface area contributed by atoms with Gasteiger partial charge in [0.05, 0.1) is 0 Å². The van der Waals surface area contributed by atoms with Crippen LogP contribution in [0.5, 0.6) is 0 Å². The monoisotopic (exact) mass is 180 g/mol. The lowest BCUT2D eigenvalue weighted by Gasteiger charge is -2.16. The Morgan fingerprint density at radius 1 is 1.54 bits per heavy atom. The van der Waals surface area contributed by atoms with Crippen molar-refractivity contribution >= 4 is 5.82 Å². The van der Waals surface area contributed by atoms with Crippen LogP contribution in [-0.2, 0) is 0 Å². The molecule has 1 aromatic rings. The van der Waals surface area contributed by atoms with Crippen LogP contribution in [0.3, 0.4) is 0 Å². The predicted octanol–water partition coefficient (Wildman–Crippen LogP) is 2.07. The molecule has 1 fully saturated rings. The average Bonchev–Trinajstić information content (AvgIpc) is 2.52. The first kappa shape index (κ1) is 8.48. The highest BCUT2D eigenvalue weighted by Crippen LogP contribution is 2.21. The van der Waals surface area contributed by atoms with Gasteiger partial charge in [0.2, 0.25) is 5.95 Å². The van der Waals surface area contributed by atoms with Crippen LogP contribution in [-0.4, -0.2) is 18.1 Å². The Morgan fingerprint density at radius 2 is 2.38 bits per heavy atom. The third-order valence-electron chi connectivity index (χ3n) is 2.45. The van der Waals surface area contributed by atoms with Crippen LogP contribution in [0.25, 0.3) is 0 Å². The maximum atomic E-state index is 12.8. The molecule has 0 aliphatic carbocycles. The minimum absolute atomic E-state index is 0.392. The lowest BCUT2D eigenvalue weighted by atomic mass is 10.2. The van der Waals surface area contributed by atoms with Gasteiger partial charge in [-0.05, 0) is 24.5 Å². The Bertz CT molecular complexity index is 301. The van der Waals surface area contributed by atoms with Gasteiger partial charge in [-0.15, -0.1) is 0 Å². The first-order valence-corrected chi connectivity index (χ1v) is 4.63. The van der Waals surface area contributed by atoms with Crippen molar-refractivity contribution in [2.45, 2.75) is 13.3 Å². The summed E-state index contributed by atoms with van der Waals surface area (Å²) in [6.45, 7) is 4.20. The highest BCUT2D eigenvalue weighted by Gasteiger charge is 2.19. The summed E-state index contributed by atoms with van der Waals surface area (Å²) in [5, 5.41) is 0. The summed E-state index contributed by atoms with van der Waals surface area (Å²) in [7, 11) is 0. The Morgan fingerprint density at radius 3 is 3.00 bits per heavy atom. The number of anilines is 1. The van der Waals surface area contributed by atoms with Gasteiger partial charge in [0.15, 0.2) is 0 Å². The standard InChI is InChI=1S/C10H13FN2/c1-8-5-6-13(7-8)10-4-2-3-9(11)12-10/h2-4,8H,5-7H2,1H3. The SMILES string of the molecule is CC1CCN(c2cccc(F)n2)C1. The van der Waals surface area contributed by atoms with Gasteiger partial charge in [0, 0.05) is 13.1 Å². The Labute approximate surface area is 77.4 Å². The molecule has 2 heterocycles. The van der Waals surface area contributed by atoms with E-state index in [1.807, 2.05) is 6.07 Å². The fourth-order valence-corrected chi connectivity index (χ4v) is 1.72. The number of nitrogens with zero attached hydrogens (tertiary/aromatic N) is 2. The molecule has 0 radical (unpaired) electrons. The normalized spacial score (nSPS) is 22.3. The lowest BCUT2D eigenvalue weighted by molar-refractivity contribution is 0.581. The number of aromatic nitrogens is 1. The van der Waals surface area contributed by atoms with Crippen LogP contribution < -0.4 is 4.90 Å². The van der Waals surface area contributed by atoms with Crippen molar-refractivity contribution in [1.82, 2.24) is 4.98 Å². The van der Waals surface area contributed by atoms with E-state index in [9.17, 15) is 4.39 Å². The lowest BCUT2D eigenvalue weighted by Crippen LogP contribution is -2.20. The number of pyridine rings is 1. The first-order chi connectivity index (χ1) is 6.25. The molecule has 1 aliphatic rings. The molecule has 0 amide bonds. The molecule has 0 bridgehead atoms. The summed E-state index contributed by atoms with van der Waals surface area (Å²) in [6, 6.07) is 4.95. The van der Waals surface area contributed by atoms with Gasteiger partial charge in [-0.25, -0.2) is 4.98 Å². The molecule has 0 N–H and O–H groups in total. The first-order valence-electron chi connectivity index (χ1n) is 4.63. The molecule has 0 spiro atoms. The Kier molecular flexibility index (Phi) is 2.17. The molecule has 1 atom stereocenters. The van der Waals surface area contributed by atoms with Crippen molar-refractivity contribution in [2.24, 2.45) is 5.92 Å². The molecule has 3 heteroatoms. The average molecular weight is 180 g/mol. The second kappa shape index (κ2) is 3.32. The predicted molar refractivity (Wildman–Crippen MR) is 50.2 cm³/mol. The maximum Gasteiger partial charge on any atom is 0.214 e. The Balaban J connectivity index is 2.16. The summed E-state index contributed by atoms with van der Waals surface area (Å²) in [6.07, 6.45) is 1.18. The fraction of sp³-hybridized carbons (Fsp3) is 0.500. The van der Waals surface area contributed by atoms with Crippen molar-refractivity contribution < 1.29 is 4.39 Å². The molecule has 0 saturated carbocycles. The van der Waals surface area contributed by atoms with E-state index in [-0.39, 0.29) is 0 Å². The van der Waals surface area contributed by atoms with Crippen molar-refractivity contribution in [3.8, 4) is 0 Å². The van der Waals surface area contributed by atoms with E-state index in [0.717, 1.165) is 18.9 Å². The van der Waals surface area contributed by atoms with Gasteiger partial charge in [-0.2, -0.15) is 4.39 Å². The quantitative estimate of drug-likeness (QED) is 0.615. The summed E-state index contributed by atoms with van der Waals surface area (Å²) < 4.78 is 12.8. The molecule has 1 aromatic heterocycles. The zero-order chi connectivity index (χ0) is 9.26. The highest BCUT2D eigenvalue weighted by atomic mass is 19.1. The van der Waals surface area contributed by atoms with Crippen LogP contribution in [0.4, 0.5) is 10.2 Å². The molecule has 2 rings (SSSR count). The van der Waals surface area contributed by atoms with E-state index < -0.39 is 5.95 Å². The van der Waals surface area contributed by atoms with Gasteiger partial charge < -0.3 is 4.90 Å². The molecule has 1 unspecified atom stereocenters. The zero-order valence-electron chi connectivity index (χ0n) is 7.70. The molecule has 1 aliphatic heterocycles. The molecular formula is C10H13FN2. The van der Waals surface area contributed by atoms with Gasteiger partial charge in [0.25, 0.3) is 0 Å². The van der Waals surface area contributed by atoms with E-state index >= 15 is 0 Å². The van der Waals surface area contributed by atoms with Gasteiger partial charge in [-0.1, -0.05) is 13.0 Å². The third kappa shape index (κ3) is 1.79. The van der Waals surface area contributed by atoms with Crippen molar-refractivity contribution in [1.29, 1.82) is 0 Å². The minimum atomic E-state index is -0.392. The van der Waals surface area contributed by atoms with Crippen molar-refractivity contribution in [3.63, 3.8) is 0 Å². The Hall–Kier alpha value is -1.12. The van der Waals surface area contributed by atoms with Crippen LogP contribution >= 0.6 is 0 Å². The van der Waals surface area contributed by atoms with Crippen molar-refractivity contribution in [3.05, 3.63) is 24.1 Å². The number of hydrogen-bond donors (Lipinski definition) is 0. The molecule has 70 valence electrons. The summed E-state index contributed by atoms with van der Waals surface area (Å²) in [5.41, 5.74) is 0. The second-order valence-electron chi connectivity index (χ2n) is 3.66. The summed E-state index contributed by atoms with van der Waals surface area (Å²) in [5.74, 6) is 1.08.